The second-order valence-corrected chi connectivity index (χ2v) is 8.46. The molecule has 0 saturated heterocycles. The Morgan fingerprint density at radius 2 is 1.88 bits per heavy atom. The van der Waals surface area contributed by atoms with Gasteiger partial charge in [0.05, 0.1) is 25.1 Å². The van der Waals surface area contributed by atoms with E-state index in [1.807, 2.05) is 0 Å². The fourth-order valence-corrected chi connectivity index (χ4v) is 2.79. The highest BCUT2D eigenvalue weighted by molar-refractivity contribution is 7.90. The minimum Gasteiger partial charge on any atom is -0.598 e. The molecule has 0 aliphatic rings. The van der Waals surface area contributed by atoms with Gasteiger partial charge in [-0.1, -0.05) is 11.6 Å². The highest BCUT2D eigenvalue weighted by atomic mass is 32.2. The summed E-state index contributed by atoms with van der Waals surface area (Å²) in [6, 6.07) is 2.68. The van der Waals surface area contributed by atoms with Crippen LogP contribution in [-0.2, 0) is 27.1 Å². The zero-order valence-electron chi connectivity index (χ0n) is 14.3. The van der Waals surface area contributed by atoms with E-state index >= 15 is 0 Å². The molecule has 0 bridgehead atoms. The summed E-state index contributed by atoms with van der Waals surface area (Å²) in [7, 11) is 1.19. The predicted molar refractivity (Wildman–Crippen MR) is 86.6 cm³/mol. The zero-order valence-corrected chi connectivity index (χ0v) is 15.1. The summed E-state index contributed by atoms with van der Waals surface area (Å²) in [5, 5.41) is 0. The summed E-state index contributed by atoms with van der Waals surface area (Å²) in [4.78, 5) is 11.6. The Bertz CT molecular complexity index is 585. The molecule has 4 nitrogen and oxygen atoms in total. The third-order valence-corrected chi connectivity index (χ3v) is 4.84. The summed E-state index contributed by atoms with van der Waals surface area (Å²) < 4.78 is 58.1. The van der Waals surface area contributed by atoms with Crippen molar-refractivity contribution in [3.8, 4) is 0 Å². The fourth-order valence-electron chi connectivity index (χ4n) is 1.96. The summed E-state index contributed by atoms with van der Waals surface area (Å²) in [5.41, 5.74) is -0.168. The van der Waals surface area contributed by atoms with Crippen LogP contribution < -0.4 is 4.72 Å². The molecule has 0 heterocycles. The van der Waals surface area contributed by atoms with Crippen LogP contribution in [0.4, 0.5) is 13.2 Å². The number of alkyl halides is 3. The van der Waals surface area contributed by atoms with Gasteiger partial charge < -0.3 is 9.29 Å². The number of aryl methyl sites for hydroxylation is 1. The molecule has 0 radical (unpaired) electrons. The molecule has 1 aromatic carbocycles. The highest BCUT2D eigenvalue weighted by Crippen LogP contribution is 2.33. The quantitative estimate of drug-likeness (QED) is 0.639. The molecule has 0 aromatic heterocycles. The number of rotatable bonds is 5. The van der Waals surface area contributed by atoms with Crippen molar-refractivity contribution in [2.45, 2.75) is 51.1 Å². The molecule has 0 fully saturated rings. The van der Waals surface area contributed by atoms with Crippen molar-refractivity contribution in [2.24, 2.45) is 0 Å². The van der Waals surface area contributed by atoms with E-state index in [0.29, 0.717) is 5.56 Å². The molecule has 2 atom stereocenters. The van der Waals surface area contributed by atoms with Crippen molar-refractivity contribution in [2.75, 3.05) is 7.11 Å². The zero-order chi connectivity index (χ0) is 18.7. The van der Waals surface area contributed by atoms with E-state index < -0.39 is 39.9 Å². The Morgan fingerprint density at radius 3 is 2.33 bits per heavy atom. The van der Waals surface area contributed by atoms with Crippen LogP contribution in [0.25, 0.3) is 0 Å². The number of benzene rings is 1. The highest BCUT2D eigenvalue weighted by Gasteiger charge is 2.34. The van der Waals surface area contributed by atoms with Gasteiger partial charge in [-0.2, -0.15) is 13.2 Å². The molecular formula is C16H22F3NO3S. The van der Waals surface area contributed by atoms with Crippen molar-refractivity contribution >= 4 is 17.3 Å². The molecular weight excluding hydrogens is 343 g/mol. The van der Waals surface area contributed by atoms with E-state index in [-0.39, 0.29) is 12.0 Å². The van der Waals surface area contributed by atoms with E-state index in [1.165, 1.54) is 20.1 Å². The van der Waals surface area contributed by atoms with Gasteiger partial charge in [0, 0.05) is 11.4 Å². The van der Waals surface area contributed by atoms with E-state index in [0.717, 1.165) is 12.1 Å². The van der Waals surface area contributed by atoms with Gasteiger partial charge in [0.1, 0.15) is 4.75 Å². The molecule has 1 rings (SSSR count). The summed E-state index contributed by atoms with van der Waals surface area (Å²) in [5.74, 6) is -0.603. The number of esters is 1. The molecule has 0 aliphatic carbocycles. The Hall–Kier alpha value is -1.25. The standard InChI is InChI=1S/C16H22F3NO3S/c1-10-6-11(8-12(7-10)16(17,18)19)13(9-14(21)23-5)20-24(22)15(2,3)4/h6-8,13,20H,9H2,1-5H3/t13-,24?/m0/s1. The van der Waals surface area contributed by atoms with Crippen LogP contribution >= 0.6 is 0 Å². The lowest BCUT2D eigenvalue weighted by molar-refractivity contribution is -0.141. The number of carbonyl (C=O) groups is 1. The van der Waals surface area contributed by atoms with Gasteiger partial charge in [0.2, 0.25) is 0 Å². The monoisotopic (exact) mass is 365 g/mol. The van der Waals surface area contributed by atoms with Gasteiger partial charge in [-0.15, -0.1) is 4.72 Å². The average Bonchev–Trinajstić information content (AvgIpc) is 2.43. The van der Waals surface area contributed by atoms with Crippen molar-refractivity contribution in [3.63, 3.8) is 0 Å². The van der Waals surface area contributed by atoms with Crippen LogP contribution in [0.3, 0.4) is 0 Å². The molecule has 0 saturated carbocycles. The van der Waals surface area contributed by atoms with Gasteiger partial charge >= 0.3 is 12.1 Å². The van der Waals surface area contributed by atoms with Crippen LogP contribution in [0.2, 0.25) is 0 Å². The first-order chi connectivity index (χ1) is 10.8. The first-order valence-corrected chi connectivity index (χ1v) is 8.43. The van der Waals surface area contributed by atoms with Crippen LogP contribution in [0, 0.1) is 6.92 Å². The number of halogens is 3. The van der Waals surface area contributed by atoms with Gasteiger partial charge in [0.15, 0.2) is 0 Å². The van der Waals surface area contributed by atoms with Crippen LogP contribution in [0.5, 0.6) is 0 Å². The molecule has 0 amide bonds. The second kappa shape index (κ2) is 7.76. The Labute approximate surface area is 143 Å². The van der Waals surface area contributed by atoms with E-state index in [2.05, 4.69) is 9.46 Å². The maximum absolute atomic E-state index is 13.0. The molecule has 0 spiro atoms. The number of hydrogen-bond donors (Lipinski definition) is 1. The smallest absolute Gasteiger partial charge is 0.416 e. The van der Waals surface area contributed by atoms with Crippen LogP contribution in [0.15, 0.2) is 18.2 Å². The van der Waals surface area contributed by atoms with Crippen molar-refractivity contribution in [1.29, 1.82) is 0 Å². The molecule has 1 unspecified atom stereocenters. The average molecular weight is 365 g/mol. The lowest BCUT2D eigenvalue weighted by Gasteiger charge is -2.28. The fraction of sp³-hybridized carbons (Fsp3) is 0.562. The summed E-state index contributed by atoms with van der Waals surface area (Å²) in [6.45, 7) is 6.71. The van der Waals surface area contributed by atoms with Gasteiger partial charge in [-0.05, 0) is 45.4 Å². The number of ether oxygens (including phenoxy) is 1. The van der Waals surface area contributed by atoms with Gasteiger partial charge in [-0.25, -0.2) is 0 Å². The Morgan fingerprint density at radius 1 is 1.29 bits per heavy atom. The first-order valence-electron chi connectivity index (χ1n) is 7.28. The lowest BCUT2D eigenvalue weighted by atomic mass is 9.99. The number of hydrogen-bond acceptors (Lipinski definition) is 4. The molecule has 8 heteroatoms. The Balaban J connectivity index is 3.23. The second-order valence-electron chi connectivity index (χ2n) is 6.46. The van der Waals surface area contributed by atoms with E-state index in [4.69, 9.17) is 0 Å². The van der Waals surface area contributed by atoms with Gasteiger partial charge in [-0.3, -0.25) is 4.79 Å². The number of methoxy groups -OCH3 is 1. The van der Waals surface area contributed by atoms with E-state index in [1.54, 1.807) is 20.8 Å². The topological polar surface area (TPSA) is 61.4 Å². The third kappa shape index (κ3) is 5.99. The minimum atomic E-state index is -4.50. The third-order valence-electron chi connectivity index (χ3n) is 3.23. The maximum atomic E-state index is 13.0. The number of nitrogens with one attached hydrogen (secondary N) is 1. The largest absolute Gasteiger partial charge is 0.598 e. The van der Waals surface area contributed by atoms with Crippen LogP contribution in [0.1, 0.15) is 49.9 Å². The van der Waals surface area contributed by atoms with E-state index in [9.17, 15) is 22.5 Å². The molecule has 136 valence electrons. The maximum Gasteiger partial charge on any atom is 0.416 e. The summed E-state index contributed by atoms with van der Waals surface area (Å²) >= 11 is -1.56. The predicted octanol–water partition coefficient (Wildman–Crippen LogP) is 3.67. The van der Waals surface area contributed by atoms with Crippen LogP contribution in [-0.4, -0.2) is 22.4 Å². The van der Waals surface area contributed by atoms with Crippen molar-refractivity contribution in [3.05, 3.63) is 34.9 Å². The first kappa shape index (κ1) is 20.8. The normalized spacial score (nSPS) is 15.0. The van der Waals surface area contributed by atoms with Crippen molar-refractivity contribution < 1.29 is 27.3 Å². The summed E-state index contributed by atoms with van der Waals surface area (Å²) in [6.07, 6.45) is -4.72. The Kier molecular flexibility index (Phi) is 6.72. The SMILES string of the molecule is COC(=O)C[C@H](N[S+]([O-])C(C)(C)C)c1cc(C)cc(C(F)(F)F)c1. The number of carbonyl (C=O) groups excluding carboxylic acids is 1. The molecule has 24 heavy (non-hydrogen) atoms. The lowest BCUT2D eigenvalue weighted by Crippen LogP contribution is -2.42. The molecule has 1 N–H and O–H groups in total. The van der Waals surface area contributed by atoms with Gasteiger partial charge in [0.25, 0.3) is 0 Å². The molecule has 1 aromatic rings. The molecule has 0 aliphatic heterocycles. The minimum absolute atomic E-state index is 0.223. The van der Waals surface area contributed by atoms with Crippen molar-refractivity contribution in [1.82, 2.24) is 4.72 Å².